The monoisotopic (exact) mass is 430 g/mol. The number of nitrogens with one attached hydrogen (secondary N) is 1. The number of nitrogens with zero attached hydrogens (tertiary/aromatic N) is 3. The zero-order valence-electron chi connectivity index (χ0n) is 11.0. The van der Waals surface area contributed by atoms with Crippen molar-refractivity contribution in [3.05, 3.63) is 18.0 Å². The van der Waals surface area contributed by atoms with E-state index in [1.807, 2.05) is 22.0 Å². The number of pyridine rings is 1. The van der Waals surface area contributed by atoms with Crippen molar-refractivity contribution in [1.82, 2.24) is 14.5 Å². The summed E-state index contributed by atoms with van der Waals surface area (Å²) >= 11 is 2.04. The van der Waals surface area contributed by atoms with Crippen molar-refractivity contribution in [2.24, 2.45) is 0 Å². The van der Waals surface area contributed by atoms with Gasteiger partial charge in [0, 0.05) is 24.6 Å². The molecule has 21 heavy (non-hydrogen) atoms. The number of aromatic nitrogens is 3. The van der Waals surface area contributed by atoms with Crippen LogP contribution in [-0.2, 0) is 4.79 Å². The van der Waals surface area contributed by atoms with Gasteiger partial charge in [0.15, 0.2) is 0 Å². The van der Waals surface area contributed by atoms with Gasteiger partial charge in [0.25, 0.3) is 0 Å². The number of carbonyl (C=O) groups excluding carboxylic acids is 1. The van der Waals surface area contributed by atoms with E-state index < -0.39 is 12.1 Å². The van der Waals surface area contributed by atoms with Crippen LogP contribution in [0.15, 0.2) is 12.3 Å². The highest BCUT2D eigenvalue weighted by molar-refractivity contribution is 14.2. The first-order valence-corrected chi connectivity index (χ1v) is 9.89. The Morgan fingerprint density at radius 1 is 1.52 bits per heavy atom. The lowest BCUT2D eigenvalue weighted by Gasteiger charge is -2.13. The molecule has 0 fully saturated rings. The number of rotatable bonds is 3. The molecule has 0 aliphatic heterocycles. The van der Waals surface area contributed by atoms with Crippen molar-refractivity contribution < 1.29 is 18.0 Å². The van der Waals surface area contributed by atoms with Crippen LogP contribution < -0.4 is 5.32 Å². The number of hydrogen-bond acceptors (Lipinski definition) is 3. The third-order valence-electron chi connectivity index (χ3n) is 2.88. The van der Waals surface area contributed by atoms with E-state index in [-0.39, 0.29) is 23.8 Å². The van der Waals surface area contributed by atoms with E-state index in [1.54, 1.807) is 0 Å². The van der Waals surface area contributed by atoms with Gasteiger partial charge in [-0.3, -0.25) is 4.79 Å². The molecule has 2 unspecified atom stereocenters. The van der Waals surface area contributed by atoms with E-state index in [4.69, 9.17) is 0 Å². The third kappa shape index (κ3) is 3.45. The van der Waals surface area contributed by atoms with Crippen LogP contribution in [0.4, 0.5) is 19.0 Å². The standard InChI is InChI=1S/C11H11F3IN4OP/c1-5(11(12,13)14)10-7-4-16-9(17-6(2)20)3-8(7)19(18-10)21-15/h3-5,21H,1-2H3,(H,16,17,20). The van der Waals surface area contributed by atoms with Crippen molar-refractivity contribution in [3.8, 4) is 0 Å². The fourth-order valence-corrected chi connectivity index (χ4v) is 3.35. The number of anilines is 1. The molecular weight excluding hydrogens is 419 g/mol. The van der Waals surface area contributed by atoms with Crippen molar-refractivity contribution in [1.29, 1.82) is 0 Å². The summed E-state index contributed by atoms with van der Waals surface area (Å²) < 4.78 is 40.2. The zero-order chi connectivity index (χ0) is 15.8. The summed E-state index contributed by atoms with van der Waals surface area (Å²) in [6, 6.07) is 1.53. The lowest BCUT2D eigenvalue weighted by Crippen LogP contribution is -2.18. The van der Waals surface area contributed by atoms with E-state index in [0.717, 1.165) is 6.92 Å². The second kappa shape index (κ2) is 6.04. The van der Waals surface area contributed by atoms with E-state index in [9.17, 15) is 18.0 Å². The molecule has 0 aliphatic carbocycles. The van der Waals surface area contributed by atoms with Gasteiger partial charge < -0.3 is 5.32 Å². The van der Waals surface area contributed by atoms with Gasteiger partial charge in [-0.05, 0) is 29.0 Å². The van der Waals surface area contributed by atoms with Gasteiger partial charge in [0.05, 0.1) is 23.5 Å². The zero-order valence-corrected chi connectivity index (χ0v) is 14.2. The molecule has 1 amide bonds. The second-order valence-electron chi connectivity index (χ2n) is 4.41. The predicted octanol–water partition coefficient (Wildman–Crippen LogP) is 3.85. The first kappa shape index (κ1) is 16.4. The molecule has 2 aromatic rings. The Morgan fingerprint density at radius 3 is 2.71 bits per heavy atom. The minimum absolute atomic E-state index is 0.0523. The number of carbonyl (C=O) groups is 1. The van der Waals surface area contributed by atoms with Crippen molar-refractivity contribution in [2.75, 3.05) is 5.32 Å². The first-order chi connectivity index (χ1) is 9.74. The Bertz CT molecular complexity index is 688. The molecule has 10 heteroatoms. The van der Waals surface area contributed by atoms with Gasteiger partial charge in [0.2, 0.25) is 5.91 Å². The van der Waals surface area contributed by atoms with Crippen molar-refractivity contribution >= 4 is 51.0 Å². The SMILES string of the molecule is CC(=O)Nc1cc2c(cn1)c(C(C)C(F)(F)F)nn2PI. The van der Waals surface area contributed by atoms with Crippen LogP contribution >= 0.6 is 28.4 Å². The maximum Gasteiger partial charge on any atom is 0.397 e. The highest BCUT2D eigenvalue weighted by Gasteiger charge is 2.40. The fraction of sp³-hybridized carbons (Fsp3) is 0.364. The molecule has 0 saturated carbocycles. The van der Waals surface area contributed by atoms with Crippen LogP contribution in [0, 0.1) is 0 Å². The Labute approximate surface area is 133 Å². The number of halogens is 4. The molecule has 1 N–H and O–H groups in total. The van der Waals surface area contributed by atoms with E-state index in [0.29, 0.717) is 10.9 Å². The average molecular weight is 430 g/mol. The summed E-state index contributed by atoms with van der Waals surface area (Å²) in [6.45, 7) is 2.41. The quantitative estimate of drug-likeness (QED) is 0.595. The molecule has 2 atom stereocenters. The smallest absolute Gasteiger partial charge is 0.311 e. The molecule has 0 aliphatic rings. The van der Waals surface area contributed by atoms with Crippen LogP contribution in [0.1, 0.15) is 25.5 Å². The Kier molecular flexibility index (Phi) is 4.72. The molecule has 5 nitrogen and oxygen atoms in total. The highest BCUT2D eigenvalue weighted by atomic mass is 127. The van der Waals surface area contributed by atoms with E-state index in [1.165, 1.54) is 23.6 Å². The molecular formula is C11H11F3IN4OP. The van der Waals surface area contributed by atoms with Gasteiger partial charge in [-0.15, -0.1) is 0 Å². The maximum atomic E-state index is 12.9. The largest absolute Gasteiger partial charge is 0.397 e. The Balaban J connectivity index is 2.57. The molecule has 2 heterocycles. The van der Waals surface area contributed by atoms with Crippen LogP contribution in [0.3, 0.4) is 0 Å². The molecule has 0 aromatic carbocycles. The molecule has 0 bridgehead atoms. The van der Waals surface area contributed by atoms with Crippen LogP contribution in [0.2, 0.25) is 0 Å². The molecule has 2 rings (SSSR count). The summed E-state index contributed by atoms with van der Waals surface area (Å²) in [5, 5.41) is 6.89. The molecule has 114 valence electrons. The van der Waals surface area contributed by atoms with E-state index in [2.05, 4.69) is 15.4 Å². The Hall–Kier alpha value is -0.960. The predicted molar refractivity (Wildman–Crippen MR) is 84.0 cm³/mol. The van der Waals surface area contributed by atoms with Crippen molar-refractivity contribution in [2.45, 2.75) is 25.9 Å². The Morgan fingerprint density at radius 2 is 2.19 bits per heavy atom. The summed E-state index contributed by atoms with van der Waals surface area (Å²) in [5.41, 5.74) is 0.469. The molecule has 0 spiro atoms. The first-order valence-electron chi connectivity index (χ1n) is 5.83. The van der Waals surface area contributed by atoms with Gasteiger partial charge in [-0.2, -0.15) is 18.3 Å². The van der Waals surface area contributed by atoms with Crippen molar-refractivity contribution in [3.63, 3.8) is 0 Å². The molecule has 2 aromatic heterocycles. The highest BCUT2D eigenvalue weighted by Crippen LogP contribution is 2.39. The minimum atomic E-state index is -4.36. The number of hydrogen-bond donors (Lipinski definition) is 1. The summed E-state index contributed by atoms with van der Waals surface area (Å²) in [5.74, 6) is -1.69. The van der Waals surface area contributed by atoms with Gasteiger partial charge in [-0.25, -0.2) is 9.44 Å². The van der Waals surface area contributed by atoms with Crippen LogP contribution in [0.25, 0.3) is 10.9 Å². The maximum absolute atomic E-state index is 12.9. The lowest BCUT2D eigenvalue weighted by molar-refractivity contribution is -0.146. The van der Waals surface area contributed by atoms with Gasteiger partial charge in [0.1, 0.15) is 5.82 Å². The topological polar surface area (TPSA) is 59.8 Å². The lowest BCUT2D eigenvalue weighted by atomic mass is 10.0. The third-order valence-corrected chi connectivity index (χ3v) is 4.75. The number of amides is 1. The second-order valence-corrected chi connectivity index (χ2v) is 6.45. The summed E-state index contributed by atoms with van der Waals surface area (Å²) in [4.78, 5) is 15.0. The van der Waals surface area contributed by atoms with E-state index >= 15 is 0 Å². The summed E-state index contributed by atoms with van der Waals surface area (Å²) in [6.07, 6.45) is -2.91. The number of alkyl halides is 3. The van der Waals surface area contributed by atoms with Crippen LogP contribution in [0.5, 0.6) is 0 Å². The minimum Gasteiger partial charge on any atom is -0.311 e. The van der Waals surface area contributed by atoms with Gasteiger partial charge >= 0.3 is 6.18 Å². The summed E-state index contributed by atoms with van der Waals surface area (Å²) in [7, 11) is 0. The number of fused-ring (bicyclic) bond motifs is 1. The normalized spacial score (nSPS) is 14.0. The fourth-order valence-electron chi connectivity index (χ4n) is 1.82. The molecule has 0 saturated heterocycles. The van der Waals surface area contributed by atoms with Crippen LogP contribution in [-0.4, -0.2) is 26.6 Å². The molecule has 0 radical (unpaired) electrons. The average Bonchev–Trinajstić information content (AvgIpc) is 2.73. The van der Waals surface area contributed by atoms with Gasteiger partial charge in [-0.1, -0.05) is 0 Å².